The van der Waals surface area contributed by atoms with Crippen LogP contribution in [0.2, 0.25) is 0 Å². The molecule has 0 spiro atoms. The van der Waals surface area contributed by atoms with E-state index in [1.165, 1.54) is 12.1 Å². The van der Waals surface area contributed by atoms with Gasteiger partial charge in [0.15, 0.2) is 0 Å². The predicted molar refractivity (Wildman–Crippen MR) is 75.9 cm³/mol. The van der Waals surface area contributed by atoms with Gasteiger partial charge in [-0.3, -0.25) is 4.79 Å². The number of carbonyl (C=O) groups excluding carboxylic acids is 1. The molecule has 0 radical (unpaired) electrons. The Morgan fingerprint density at radius 3 is 2.80 bits per heavy atom. The van der Waals surface area contributed by atoms with Crippen LogP contribution in [0.3, 0.4) is 0 Å². The third kappa shape index (κ3) is 3.36. The Balaban J connectivity index is 2.24. The van der Waals surface area contributed by atoms with Gasteiger partial charge in [-0.2, -0.15) is 0 Å². The number of rotatable bonds is 4. The van der Waals surface area contributed by atoms with Crippen molar-refractivity contribution < 1.29 is 13.2 Å². The van der Waals surface area contributed by atoms with Gasteiger partial charge in [0.05, 0.1) is 4.90 Å². The van der Waals surface area contributed by atoms with Crippen LogP contribution in [0, 0.1) is 6.92 Å². The molecule has 0 bridgehead atoms. The fourth-order valence-electron chi connectivity index (χ4n) is 2.27. The number of carbonyl (C=O) groups is 1. The SMILES string of the molecule is Cc1ccc(S(=O)(=O)N[C@@H]2CCCNC2)cc1C(N)=O. The molecule has 0 aromatic heterocycles. The standard InChI is InChI=1S/C13H19N3O3S/c1-9-4-5-11(7-12(9)13(14)17)20(18,19)16-10-3-2-6-15-8-10/h4-5,7,10,15-16H,2-3,6,8H2,1H3,(H2,14,17)/t10-/m1/s1. The summed E-state index contributed by atoms with van der Waals surface area (Å²) in [5.41, 5.74) is 6.14. The molecular weight excluding hydrogens is 278 g/mol. The van der Waals surface area contributed by atoms with Crippen molar-refractivity contribution in [2.45, 2.75) is 30.7 Å². The van der Waals surface area contributed by atoms with Crippen LogP contribution in [0.4, 0.5) is 0 Å². The lowest BCUT2D eigenvalue weighted by atomic mass is 10.1. The zero-order chi connectivity index (χ0) is 14.8. The maximum atomic E-state index is 12.3. The summed E-state index contributed by atoms with van der Waals surface area (Å²) in [6.07, 6.45) is 1.74. The number of piperidine rings is 1. The highest BCUT2D eigenvalue weighted by atomic mass is 32.2. The number of sulfonamides is 1. The van der Waals surface area contributed by atoms with Crippen LogP contribution < -0.4 is 15.8 Å². The highest BCUT2D eigenvalue weighted by molar-refractivity contribution is 7.89. The molecule has 1 amide bonds. The molecule has 20 heavy (non-hydrogen) atoms. The van der Waals surface area contributed by atoms with E-state index < -0.39 is 15.9 Å². The summed E-state index contributed by atoms with van der Waals surface area (Å²) in [6.45, 7) is 3.25. The third-order valence-electron chi connectivity index (χ3n) is 3.40. The summed E-state index contributed by atoms with van der Waals surface area (Å²) in [5, 5.41) is 3.15. The van der Waals surface area contributed by atoms with E-state index >= 15 is 0 Å². The Morgan fingerprint density at radius 2 is 2.20 bits per heavy atom. The molecule has 2 rings (SSSR count). The molecule has 1 aromatic rings. The smallest absolute Gasteiger partial charge is 0.249 e. The number of aryl methyl sites for hydroxylation is 1. The molecular formula is C13H19N3O3S. The number of hydrogen-bond acceptors (Lipinski definition) is 4. The van der Waals surface area contributed by atoms with Gasteiger partial charge in [0.1, 0.15) is 0 Å². The van der Waals surface area contributed by atoms with Crippen molar-refractivity contribution in [3.05, 3.63) is 29.3 Å². The minimum absolute atomic E-state index is 0.0717. The summed E-state index contributed by atoms with van der Waals surface area (Å²) in [6, 6.07) is 4.29. The first-order valence-electron chi connectivity index (χ1n) is 6.53. The van der Waals surface area contributed by atoms with Crippen LogP contribution in [-0.2, 0) is 10.0 Å². The molecule has 6 nitrogen and oxygen atoms in total. The fourth-order valence-corrected chi connectivity index (χ4v) is 3.57. The number of amides is 1. The fraction of sp³-hybridized carbons (Fsp3) is 0.462. The molecule has 0 saturated carbocycles. The number of nitrogens with one attached hydrogen (secondary N) is 2. The zero-order valence-electron chi connectivity index (χ0n) is 11.3. The van der Waals surface area contributed by atoms with Gasteiger partial charge in [-0.1, -0.05) is 6.07 Å². The normalized spacial score (nSPS) is 19.8. The second-order valence-corrected chi connectivity index (χ2v) is 6.72. The summed E-state index contributed by atoms with van der Waals surface area (Å²) < 4.78 is 27.2. The van der Waals surface area contributed by atoms with Crippen molar-refractivity contribution in [2.24, 2.45) is 5.73 Å². The lowest BCUT2D eigenvalue weighted by Crippen LogP contribution is -2.45. The van der Waals surface area contributed by atoms with Crippen molar-refractivity contribution in [2.75, 3.05) is 13.1 Å². The van der Waals surface area contributed by atoms with Crippen molar-refractivity contribution >= 4 is 15.9 Å². The number of hydrogen-bond donors (Lipinski definition) is 3. The molecule has 4 N–H and O–H groups in total. The van der Waals surface area contributed by atoms with E-state index in [0.29, 0.717) is 12.1 Å². The Labute approximate surface area is 118 Å². The largest absolute Gasteiger partial charge is 0.366 e. The third-order valence-corrected chi connectivity index (χ3v) is 4.92. The molecule has 1 saturated heterocycles. The Bertz CT molecular complexity index is 607. The molecule has 110 valence electrons. The Hall–Kier alpha value is -1.44. The predicted octanol–water partition coefficient (Wildman–Crippen LogP) is 0.124. The van der Waals surface area contributed by atoms with Gasteiger partial charge in [0.2, 0.25) is 15.9 Å². The van der Waals surface area contributed by atoms with E-state index in [4.69, 9.17) is 5.73 Å². The zero-order valence-corrected chi connectivity index (χ0v) is 12.2. The average Bonchev–Trinajstić information content (AvgIpc) is 2.39. The van der Waals surface area contributed by atoms with Crippen LogP contribution in [-0.4, -0.2) is 33.5 Å². The lowest BCUT2D eigenvalue weighted by Gasteiger charge is -2.23. The number of nitrogens with two attached hydrogens (primary N) is 1. The van der Waals surface area contributed by atoms with Crippen LogP contribution in [0.25, 0.3) is 0 Å². The summed E-state index contributed by atoms with van der Waals surface area (Å²) in [4.78, 5) is 11.4. The van der Waals surface area contributed by atoms with Crippen molar-refractivity contribution in [3.63, 3.8) is 0 Å². The van der Waals surface area contributed by atoms with Gasteiger partial charge in [0.25, 0.3) is 0 Å². The summed E-state index contributed by atoms with van der Waals surface area (Å²) in [5.74, 6) is -0.626. The van der Waals surface area contributed by atoms with Gasteiger partial charge >= 0.3 is 0 Å². The van der Waals surface area contributed by atoms with E-state index in [9.17, 15) is 13.2 Å². The first-order chi connectivity index (χ1) is 9.40. The van der Waals surface area contributed by atoms with E-state index in [2.05, 4.69) is 10.0 Å². The van der Waals surface area contributed by atoms with Gasteiger partial charge in [-0.25, -0.2) is 13.1 Å². The van der Waals surface area contributed by atoms with Gasteiger partial charge in [-0.15, -0.1) is 0 Å². The quantitative estimate of drug-likeness (QED) is 0.735. The molecule has 1 aliphatic rings. The van der Waals surface area contributed by atoms with Gasteiger partial charge in [0, 0.05) is 18.2 Å². The maximum absolute atomic E-state index is 12.3. The molecule has 7 heteroatoms. The average molecular weight is 297 g/mol. The van der Waals surface area contributed by atoms with Gasteiger partial charge in [-0.05, 0) is 44.0 Å². The van der Waals surface area contributed by atoms with Crippen molar-refractivity contribution in [1.82, 2.24) is 10.0 Å². The maximum Gasteiger partial charge on any atom is 0.249 e. The molecule has 1 aliphatic heterocycles. The molecule has 1 atom stereocenters. The van der Waals surface area contributed by atoms with Gasteiger partial charge < -0.3 is 11.1 Å². The second kappa shape index (κ2) is 5.90. The first-order valence-corrected chi connectivity index (χ1v) is 8.02. The van der Waals surface area contributed by atoms with E-state index in [0.717, 1.165) is 19.4 Å². The first kappa shape index (κ1) is 15.0. The second-order valence-electron chi connectivity index (χ2n) is 5.01. The number of benzene rings is 1. The molecule has 0 aliphatic carbocycles. The highest BCUT2D eigenvalue weighted by Gasteiger charge is 2.22. The van der Waals surface area contributed by atoms with Crippen LogP contribution >= 0.6 is 0 Å². The van der Waals surface area contributed by atoms with E-state index in [-0.39, 0.29) is 16.5 Å². The number of primary amides is 1. The van der Waals surface area contributed by atoms with Crippen LogP contribution in [0.1, 0.15) is 28.8 Å². The minimum atomic E-state index is -3.63. The molecule has 1 heterocycles. The minimum Gasteiger partial charge on any atom is -0.366 e. The van der Waals surface area contributed by atoms with E-state index in [1.54, 1.807) is 13.0 Å². The summed E-state index contributed by atoms with van der Waals surface area (Å²) >= 11 is 0. The van der Waals surface area contributed by atoms with Crippen LogP contribution in [0.15, 0.2) is 23.1 Å². The molecule has 1 fully saturated rings. The van der Waals surface area contributed by atoms with E-state index in [1.807, 2.05) is 0 Å². The van der Waals surface area contributed by atoms with Crippen molar-refractivity contribution in [1.29, 1.82) is 0 Å². The monoisotopic (exact) mass is 297 g/mol. The topological polar surface area (TPSA) is 101 Å². The Morgan fingerprint density at radius 1 is 1.45 bits per heavy atom. The summed E-state index contributed by atoms with van der Waals surface area (Å²) in [7, 11) is -3.63. The molecule has 0 unspecified atom stereocenters. The molecule has 1 aromatic carbocycles. The highest BCUT2D eigenvalue weighted by Crippen LogP contribution is 2.16. The van der Waals surface area contributed by atoms with Crippen molar-refractivity contribution in [3.8, 4) is 0 Å². The van der Waals surface area contributed by atoms with Crippen LogP contribution in [0.5, 0.6) is 0 Å². The lowest BCUT2D eigenvalue weighted by molar-refractivity contribution is 0.0999. The Kier molecular flexibility index (Phi) is 4.42.